The fraction of sp³-hybridized carbons (Fsp3) is 0.400. The number of amides is 3. The van der Waals surface area contributed by atoms with Crippen LogP contribution in [-0.4, -0.2) is 41.2 Å². The van der Waals surface area contributed by atoms with Crippen LogP contribution in [0.25, 0.3) is 0 Å². The van der Waals surface area contributed by atoms with Crippen LogP contribution < -0.4 is 5.32 Å². The first kappa shape index (κ1) is 20.6. The van der Waals surface area contributed by atoms with E-state index in [9.17, 15) is 28.0 Å². The lowest BCUT2D eigenvalue weighted by Gasteiger charge is -2.16. The molecule has 2 aliphatic rings. The summed E-state index contributed by atoms with van der Waals surface area (Å²) >= 11 is 0. The monoisotopic (exact) mass is 406 g/mol. The predicted molar refractivity (Wildman–Crippen MR) is 97.2 cm³/mol. The van der Waals surface area contributed by atoms with Gasteiger partial charge in [0.15, 0.2) is 17.7 Å². The molecule has 0 bridgehead atoms. The SMILES string of the molecule is C[C@@H](OC(=O)CCN1C(=O)[C@H]2CC=CC[C@H]2C1=O)C(=O)Nc1ccc(F)c(F)c1. The summed E-state index contributed by atoms with van der Waals surface area (Å²) in [7, 11) is 0. The average molecular weight is 406 g/mol. The van der Waals surface area contributed by atoms with Crippen LogP contribution in [0.4, 0.5) is 14.5 Å². The summed E-state index contributed by atoms with van der Waals surface area (Å²) in [5, 5.41) is 2.31. The lowest BCUT2D eigenvalue weighted by atomic mass is 9.85. The van der Waals surface area contributed by atoms with E-state index in [4.69, 9.17) is 4.74 Å². The number of fused-ring (bicyclic) bond motifs is 1. The second-order valence-corrected chi connectivity index (χ2v) is 6.98. The molecule has 1 heterocycles. The van der Waals surface area contributed by atoms with E-state index in [1.165, 1.54) is 13.0 Å². The predicted octanol–water partition coefficient (Wildman–Crippen LogP) is 2.18. The minimum absolute atomic E-state index is 0.0151. The van der Waals surface area contributed by atoms with Gasteiger partial charge in [0, 0.05) is 18.3 Å². The van der Waals surface area contributed by atoms with E-state index in [0.29, 0.717) is 12.8 Å². The summed E-state index contributed by atoms with van der Waals surface area (Å²) in [6, 6.07) is 2.84. The zero-order chi connectivity index (χ0) is 21.1. The second-order valence-electron chi connectivity index (χ2n) is 6.98. The highest BCUT2D eigenvalue weighted by Crippen LogP contribution is 2.35. The van der Waals surface area contributed by atoms with Gasteiger partial charge in [0.25, 0.3) is 5.91 Å². The van der Waals surface area contributed by atoms with E-state index < -0.39 is 29.6 Å². The van der Waals surface area contributed by atoms with E-state index in [1.807, 2.05) is 12.2 Å². The van der Waals surface area contributed by atoms with Crippen LogP contribution in [0.15, 0.2) is 30.4 Å². The van der Waals surface area contributed by atoms with E-state index in [-0.39, 0.29) is 42.3 Å². The molecule has 0 aromatic heterocycles. The number of nitrogens with zero attached hydrogens (tertiary/aromatic N) is 1. The van der Waals surface area contributed by atoms with Crippen molar-refractivity contribution in [2.75, 3.05) is 11.9 Å². The molecule has 9 heteroatoms. The number of anilines is 1. The van der Waals surface area contributed by atoms with Gasteiger partial charge in [-0.1, -0.05) is 12.2 Å². The maximum Gasteiger partial charge on any atom is 0.308 e. The first-order chi connectivity index (χ1) is 13.8. The molecule has 0 radical (unpaired) electrons. The fourth-order valence-corrected chi connectivity index (χ4v) is 3.42. The van der Waals surface area contributed by atoms with Gasteiger partial charge >= 0.3 is 5.97 Å². The summed E-state index contributed by atoms with van der Waals surface area (Å²) in [4.78, 5) is 49.8. The van der Waals surface area contributed by atoms with Crippen LogP contribution in [0, 0.1) is 23.5 Å². The van der Waals surface area contributed by atoms with Crippen molar-refractivity contribution in [2.24, 2.45) is 11.8 Å². The van der Waals surface area contributed by atoms with E-state index in [1.54, 1.807) is 0 Å². The van der Waals surface area contributed by atoms with Crippen molar-refractivity contribution >= 4 is 29.4 Å². The molecule has 1 saturated heterocycles. The van der Waals surface area contributed by atoms with Gasteiger partial charge < -0.3 is 10.1 Å². The highest BCUT2D eigenvalue weighted by molar-refractivity contribution is 6.05. The van der Waals surface area contributed by atoms with Gasteiger partial charge in [0.05, 0.1) is 18.3 Å². The zero-order valence-corrected chi connectivity index (χ0v) is 15.7. The van der Waals surface area contributed by atoms with Crippen LogP contribution in [-0.2, 0) is 23.9 Å². The maximum atomic E-state index is 13.2. The topological polar surface area (TPSA) is 92.8 Å². The Morgan fingerprint density at radius 3 is 2.34 bits per heavy atom. The molecule has 3 atom stereocenters. The highest BCUT2D eigenvalue weighted by Gasteiger charge is 2.47. The van der Waals surface area contributed by atoms with E-state index >= 15 is 0 Å². The van der Waals surface area contributed by atoms with Gasteiger partial charge in [-0.3, -0.25) is 24.1 Å². The number of carbonyl (C=O) groups is 4. The molecule has 1 aromatic rings. The third kappa shape index (κ3) is 4.49. The number of ether oxygens (including phenoxy) is 1. The van der Waals surface area contributed by atoms with E-state index in [2.05, 4.69) is 5.32 Å². The Hall–Kier alpha value is -3.10. The quantitative estimate of drug-likeness (QED) is 0.444. The Balaban J connectivity index is 1.48. The number of halogens is 2. The molecule has 3 amide bonds. The fourth-order valence-electron chi connectivity index (χ4n) is 3.42. The molecule has 0 saturated carbocycles. The maximum absolute atomic E-state index is 13.2. The Kier molecular flexibility index (Phi) is 6.05. The Morgan fingerprint density at radius 1 is 1.14 bits per heavy atom. The molecular weight excluding hydrogens is 386 g/mol. The van der Waals surface area contributed by atoms with Crippen molar-refractivity contribution in [1.29, 1.82) is 0 Å². The number of allylic oxidation sites excluding steroid dienone is 2. The Bertz CT molecular complexity index is 860. The van der Waals surface area contributed by atoms with Crippen LogP contribution in [0.3, 0.4) is 0 Å². The smallest absolute Gasteiger partial charge is 0.308 e. The Labute approximate surface area is 165 Å². The average Bonchev–Trinajstić information content (AvgIpc) is 2.93. The minimum Gasteiger partial charge on any atom is -0.452 e. The van der Waals surface area contributed by atoms with Gasteiger partial charge in [0.2, 0.25) is 11.8 Å². The molecule has 1 N–H and O–H groups in total. The summed E-state index contributed by atoms with van der Waals surface area (Å²) in [5.41, 5.74) is 0.0151. The largest absolute Gasteiger partial charge is 0.452 e. The van der Waals surface area contributed by atoms with Gasteiger partial charge in [-0.2, -0.15) is 0 Å². The standard InChI is InChI=1S/C20H20F2N2O5/c1-11(18(26)23-12-6-7-15(21)16(22)10-12)29-17(25)8-9-24-19(27)13-4-2-3-5-14(13)20(24)28/h2-3,6-7,10-11,13-14H,4-5,8-9H2,1H3,(H,23,26)/t11-,13-,14+/m1/s1. The number of likely N-dealkylation sites (tertiary alicyclic amines) is 1. The molecule has 1 aliphatic carbocycles. The van der Waals surface area contributed by atoms with E-state index in [0.717, 1.165) is 17.0 Å². The van der Waals surface area contributed by atoms with Crippen LogP contribution in [0.1, 0.15) is 26.2 Å². The first-order valence-electron chi connectivity index (χ1n) is 9.23. The molecule has 1 aromatic carbocycles. The van der Waals surface area contributed by atoms with Crippen molar-refractivity contribution in [3.05, 3.63) is 42.0 Å². The Morgan fingerprint density at radius 2 is 1.76 bits per heavy atom. The lowest BCUT2D eigenvalue weighted by molar-refractivity contribution is -0.154. The van der Waals surface area contributed by atoms with Gasteiger partial charge in [-0.05, 0) is 31.9 Å². The second kappa shape index (κ2) is 8.50. The third-order valence-corrected chi connectivity index (χ3v) is 5.00. The van der Waals surface area contributed by atoms with Crippen LogP contribution >= 0.6 is 0 Å². The van der Waals surface area contributed by atoms with Crippen molar-refractivity contribution in [3.8, 4) is 0 Å². The number of hydrogen-bond acceptors (Lipinski definition) is 5. The summed E-state index contributed by atoms with van der Waals surface area (Å²) in [5.74, 6) is -4.98. The highest BCUT2D eigenvalue weighted by atomic mass is 19.2. The van der Waals surface area contributed by atoms with Crippen LogP contribution in [0.5, 0.6) is 0 Å². The van der Waals surface area contributed by atoms with Crippen molar-refractivity contribution in [3.63, 3.8) is 0 Å². The molecule has 154 valence electrons. The molecule has 1 aliphatic heterocycles. The van der Waals surface area contributed by atoms with Crippen LogP contribution in [0.2, 0.25) is 0 Å². The molecule has 29 heavy (non-hydrogen) atoms. The number of esters is 1. The summed E-state index contributed by atoms with van der Waals surface area (Å²) in [6.07, 6.45) is 3.32. The normalized spacial score (nSPS) is 21.7. The molecular formula is C20H20F2N2O5. The van der Waals surface area contributed by atoms with Gasteiger partial charge in [0.1, 0.15) is 0 Å². The van der Waals surface area contributed by atoms with Crippen molar-refractivity contribution in [1.82, 2.24) is 4.90 Å². The third-order valence-electron chi connectivity index (χ3n) is 5.00. The number of hydrogen-bond donors (Lipinski definition) is 1. The number of benzene rings is 1. The molecule has 1 fully saturated rings. The van der Waals surface area contributed by atoms with Gasteiger partial charge in [-0.15, -0.1) is 0 Å². The number of imide groups is 1. The number of nitrogens with one attached hydrogen (secondary N) is 1. The lowest BCUT2D eigenvalue weighted by Crippen LogP contribution is -2.35. The molecule has 3 rings (SSSR count). The van der Waals surface area contributed by atoms with Gasteiger partial charge in [-0.25, -0.2) is 8.78 Å². The molecule has 7 nitrogen and oxygen atoms in total. The molecule has 0 spiro atoms. The summed E-state index contributed by atoms with van der Waals surface area (Å²) < 4.78 is 31.1. The molecule has 0 unspecified atom stereocenters. The summed E-state index contributed by atoms with van der Waals surface area (Å²) in [6.45, 7) is 1.21. The zero-order valence-electron chi connectivity index (χ0n) is 15.7. The number of rotatable bonds is 6. The first-order valence-corrected chi connectivity index (χ1v) is 9.23. The van der Waals surface area contributed by atoms with Crippen molar-refractivity contribution < 1.29 is 32.7 Å². The minimum atomic E-state index is -1.20. The van der Waals surface area contributed by atoms with Crippen molar-refractivity contribution in [2.45, 2.75) is 32.3 Å². The number of carbonyl (C=O) groups excluding carboxylic acids is 4.